The highest BCUT2D eigenvalue weighted by molar-refractivity contribution is 7.98. The van der Waals surface area contributed by atoms with Gasteiger partial charge in [0.05, 0.1) is 18.1 Å². The summed E-state index contributed by atoms with van der Waals surface area (Å²) in [5, 5.41) is 7.98. The summed E-state index contributed by atoms with van der Waals surface area (Å²) < 4.78 is 5.10. The minimum atomic E-state index is -0.398. The molecule has 64 valence electrons. The van der Waals surface area contributed by atoms with E-state index >= 15 is 0 Å². The molecule has 0 bridgehead atoms. The van der Waals surface area contributed by atoms with Gasteiger partial charge in [0, 0.05) is 5.75 Å². The average molecular weight is 202 g/mol. The highest BCUT2D eigenvalue weighted by Gasteiger charge is 2.02. The van der Waals surface area contributed by atoms with E-state index in [4.69, 9.17) is 21.3 Å². The first-order valence-electron chi connectivity index (χ1n) is 3.46. The molecule has 2 nitrogen and oxygen atoms in total. The zero-order valence-electron chi connectivity index (χ0n) is 6.37. The van der Waals surface area contributed by atoms with Crippen molar-refractivity contribution >= 4 is 23.4 Å². The van der Waals surface area contributed by atoms with Crippen molar-refractivity contribution in [2.75, 3.05) is 5.75 Å². The zero-order chi connectivity index (χ0) is 8.81. The molecule has 0 aromatic carbocycles. The quantitative estimate of drug-likeness (QED) is 0.703. The summed E-state index contributed by atoms with van der Waals surface area (Å²) in [6.07, 6.45) is 1.64. The molecule has 4 heteroatoms. The van der Waals surface area contributed by atoms with Gasteiger partial charge in [-0.15, -0.1) is 11.6 Å². The second-order valence-electron chi connectivity index (χ2n) is 2.19. The summed E-state index contributed by atoms with van der Waals surface area (Å²) in [6.45, 7) is 0. The Morgan fingerprint density at radius 3 is 3.17 bits per heavy atom. The van der Waals surface area contributed by atoms with E-state index in [2.05, 4.69) is 0 Å². The molecule has 0 amide bonds. The van der Waals surface area contributed by atoms with E-state index in [1.165, 1.54) is 0 Å². The van der Waals surface area contributed by atoms with Gasteiger partial charge in [-0.2, -0.15) is 17.0 Å². The fraction of sp³-hybridized carbons (Fsp3) is 0.375. The molecule has 0 aliphatic rings. The first kappa shape index (κ1) is 9.50. The number of rotatable bonds is 4. The molecule has 0 saturated heterocycles. The Labute approximate surface area is 80.5 Å². The van der Waals surface area contributed by atoms with Gasteiger partial charge in [-0.1, -0.05) is 0 Å². The zero-order valence-corrected chi connectivity index (χ0v) is 7.94. The molecular formula is C8H8ClNOS. The van der Waals surface area contributed by atoms with Crippen molar-refractivity contribution < 1.29 is 4.42 Å². The van der Waals surface area contributed by atoms with E-state index in [0.29, 0.717) is 5.75 Å². The second-order valence-corrected chi connectivity index (χ2v) is 3.75. The van der Waals surface area contributed by atoms with E-state index in [-0.39, 0.29) is 0 Å². The lowest BCUT2D eigenvalue weighted by atomic mass is 10.5. The van der Waals surface area contributed by atoms with Crippen LogP contribution < -0.4 is 0 Å². The van der Waals surface area contributed by atoms with Crippen LogP contribution in [0, 0.1) is 11.3 Å². The summed E-state index contributed by atoms with van der Waals surface area (Å²) in [7, 11) is 0. The molecule has 12 heavy (non-hydrogen) atoms. The van der Waals surface area contributed by atoms with Gasteiger partial charge in [0.25, 0.3) is 0 Å². The standard InChI is InChI=1S/C8H8ClNOS/c9-7(4-10)5-12-6-8-2-1-3-11-8/h1-3,7H,5-6H2. The molecule has 1 aromatic rings. The van der Waals surface area contributed by atoms with Crippen molar-refractivity contribution in [1.82, 2.24) is 0 Å². The van der Waals surface area contributed by atoms with Gasteiger partial charge in [0.2, 0.25) is 0 Å². The highest BCUT2D eigenvalue weighted by Crippen LogP contribution is 2.14. The van der Waals surface area contributed by atoms with Crippen LogP contribution in [0.2, 0.25) is 0 Å². The molecule has 0 radical (unpaired) electrons. The van der Waals surface area contributed by atoms with Crippen molar-refractivity contribution in [3.63, 3.8) is 0 Å². The van der Waals surface area contributed by atoms with Crippen LogP contribution >= 0.6 is 23.4 Å². The Morgan fingerprint density at radius 1 is 1.75 bits per heavy atom. The van der Waals surface area contributed by atoms with Gasteiger partial charge in [-0.3, -0.25) is 0 Å². The van der Waals surface area contributed by atoms with Crippen LogP contribution in [0.1, 0.15) is 5.76 Å². The van der Waals surface area contributed by atoms with Crippen molar-refractivity contribution in [1.29, 1.82) is 5.26 Å². The van der Waals surface area contributed by atoms with Gasteiger partial charge >= 0.3 is 0 Å². The monoisotopic (exact) mass is 201 g/mol. The Bertz CT molecular complexity index is 255. The van der Waals surface area contributed by atoms with Crippen LogP contribution in [0.4, 0.5) is 0 Å². The number of alkyl halides is 1. The number of nitrogens with zero attached hydrogens (tertiary/aromatic N) is 1. The molecule has 0 spiro atoms. The Morgan fingerprint density at radius 2 is 2.58 bits per heavy atom. The van der Waals surface area contributed by atoms with Gasteiger partial charge < -0.3 is 4.42 Å². The minimum absolute atomic E-state index is 0.398. The van der Waals surface area contributed by atoms with Crippen LogP contribution in [-0.4, -0.2) is 11.1 Å². The number of thioether (sulfide) groups is 1. The second kappa shape index (κ2) is 5.13. The summed E-state index contributed by atoms with van der Waals surface area (Å²) >= 11 is 7.19. The van der Waals surface area contributed by atoms with Gasteiger partial charge in [0.15, 0.2) is 0 Å². The van der Waals surface area contributed by atoms with Crippen LogP contribution in [0.3, 0.4) is 0 Å². The highest BCUT2D eigenvalue weighted by atomic mass is 35.5. The van der Waals surface area contributed by atoms with Crippen LogP contribution in [-0.2, 0) is 5.75 Å². The maximum absolute atomic E-state index is 8.37. The normalized spacial score (nSPS) is 12.3. The van der Waals surface area contributed by atoms with E-state index in [0.717, 1.165) is 11.5 Å². The Balaban J connectivity index is 2.16. The smallest absolute Gasteiger partial charge is 0.129 e. The third kappa shape index (κ3) is 3.21. The molecule has 0 N–H and O–H groups in total. The number of halogens is 1. The third-order valence-electron chi connectivity index (χ3n) is 1.23. The molecule has 0 aliphatic carbocycles. The minimum Gasteiger partial charge on any atom is -0.468 e. The van der Waals surface area contributed by atoms with Crippen molar-refractivity contribution in [2.24, 2.45) is 0 Å². The third-order valence-corrected chi connectivity index (χ3v) is 2.72. The number of hydrogen-bond donors (Lipinski definition) is 0. The fourth-order valence-corrected chi connectivity index (χ4v) is 1.73. The van der Waals surface area contributed by atoms with E-state index < -0.39 is 5.38 Å². The van der Waals surface area contributed by atoms with Gasteiger partial charge in [0.1, 0.15) is 11.1 Å². The topological polar surface area (TPSA) is 36.9 Å². The van der Waals surface area contributed by atoms with Crippen molar-refractivity contribution in [2.45, 2.75) is 11.1 Å². The molecule has 1 atom stereocenters. The molecule has 1 aromatic heterocycles. The maximum Gasteiger partial charge on any atom is 0.129 e. The first-order valence-corrected chi connectivity index (χ1v) is 5.06. The van der Waals surface area contributed by atoms with Crippen molar-refractivity contribution in [3.05, 3.63) is 24.2 Å². The summed E-state index contributed by atoms with van der Waals surface area (Å²) in [4.78, 5) is 0. The van der Waals surface area contributed by atoms with Crippen molar-refractivity contribution in [3.8, 4) is 6.07 Å². The summed E-state index contributed by atoms with van der Waals surface area (Å²) in [5.41, 5.74) is 0. The summed E-state index contributed by atoms with van der Waals surface area (Å²) in [5.74, 6) is 2.33. The first-order chi connectivity index (χ1) is 5.83. The Kier molecular flexibility index (Phi) is 4.06. The molecule has 0 aliphatic heterocycles. The van der Waals surface area contributed by atoms with E-state index in [9.17, 15) is 0 Å². The lowest BCUT2D eigenvalue weighted by molar-refractivity contribution is 0.530. The molecule has 1 heterocycles. The van der Waals surface area contributed by atoms with Crippen LogP contribution in [0.5, 0.6) is 0 Å². The molecule has 1 unspecified atom stereocenters. The lowest BCUT2D eigenvalue weighted by Gasteiger charge is -1.97. The fourth-order valence-electron chi connectivity index (χ4n) is 0.695. The maximum atomic E-state index is 8.37. The van der Waals surface area contributed by atoms with E-state index in [1.54, 1.807) is 18.0 Å². The number of nitriles is 1. The predicted molar refractivity (Wildman–Crippen MR) is 50.1 cm³/mol. The lowest BCUT2D eigenvalue weighted by Crippen LogP contribution is -1.97. The molecule has 0 fully saturated rings. The predicted octanol–water partition coefficient (Wildman–Crippen LogP) is 2.64. The van der Waals surface area contributed by atoms with Gasteiger partial charge in [-0.05, 0) is 12.1 Å². The SMILES string of the molecule is N#CC(Cl)CSCc1ccco1. The molecule has 0 saturated carbocycles. The summed E-state index contributed by atoms with van der Waals surface area (Å²) in [6, 6.07) is 5.71. The number of hydrogen-bond acceptors (Lipinski definition) is 3. The van der Waals surface area contributed by atoms with Crippen LogP contribution in [0.15, 0.2) is 22.8 Å². The largest absolute Gasteiger partial charge is 0.468 e. The average Bonchev–Trinajstić information content (AvgIpc) is 2.57. The Hall–Kier alpha value is -0.590. The van der Waals surface area contributed by atoms with Gasteiger partial charge in [-0.25, -0.2) is 0 Å². The number of furan rings is 1. The van der Waals surface area contributed by atoms with Crippen LogP contribution in [0.25, 0.3) is 0 Å². The van der Waals surface area contributed by atoms with E-state index in [1.807, 2.05) is 18.2 Å². The molecular weight excluding hydrogens is 194 g/mol. The molecule has 1 rings (SSSR count).